The molecule has 4 aliphatic rings. The molecule has 270 valence electrons. The molecule has 16 heteroatoms. The number of carbonyl (C=O) groups excluding carboxylic acids is 3. The van der Waals surface area contributed by atoms with E-state index < -0.39 is 74.3 Å². The maximum absolute atomic E-state index is 14.3. The Labute approximate surface area is 290 Å². The number of benzene rings is 1. The van der Waals surface area contributed by atoms with E-state index in [2.05, 4.69) is 20.3 Å². The minimum atomic E-state index is -4.00. The van der Waals surface area contributed by atoms with Crippen molar-refractivity contribution in [3.05, 3.63) is 42.6 Å². The van der Waals surface area contributed by atoms with Crippen LogP contribution in [0.3, 0.4) is 0 Å². The summed E-state index contributed by atoms with van der Waals surface area (Å²) in [7, 11) is -2.45. The normalized spacial score (nSPS) is 30.1. The fourth-order valence-electron chi connectivity index (χ4n) is 6.72. The molecule has 0 radical (unpaired) electrons. The van der Waals surface area contributed by atoms with Gasteiger partial charge in [-0.25, -0.2) is 18.2 Å². The van der Waals surface area contributed by atoms with Crippen molar-refractivity contribution >= 4 is 44.6 Å². The number of pyridine rings is 1. The van der Waals surface area contributed by atoms with Gasteiger partial charge in [0.1, 0.15) is 29.5 Å². The number of hydrogen-bond donors (Lipinski definition) is 4. The lowest BCUT2D eigenvalue weighted by Crippen LogP contribution is -2.60. The molecule has 1 aromatic carbocycles. The molecule has 0 spiro atoms. The van der Waals surface area contributed by atoms with Crippen LogP contribution in [0.25, 0.3) is 10.8 Å². The first-order valence-electron chi connectivity index (χ1n) is 16.9. The van der Waals surface area contributed by atoms with Gasteiger partial charge >= 0.3 is 6.09 Å². The van der Waals surface area contributed by atoms with Crippen molar-refractivity contribution in [2.75, 3.05) is 20.3 Å². The van der Waals surface area contributed by atoms with E-state index in [0.717, 1.165) is 5.39 Å². The van der Waals surface area contributed by atoms with Crippen molar-refractivity contribution in [3.63, 3.8) is 0 Å². The van der Waals surface area contributed by atoms with Gasteiger partial charge in [0.05, 0.1) is 24.5 Å². The summed E-state index contributed by atoms with van der Waals surface area (Å²) < 4.78 is 44.9. The molecule has 50 heavy (non-hydrogen) atoms. The molecule has 2 saturated carbocycles. The molecule has 1 saturated heterocycles. The number of nitrogens with zero attached hydrogens (tertiary/aromatic N) is 2. The first-order chi connectivity index (χ1) is 23.8. The summed E-state index contributed by atoms with van der Waals surface area (Å²) in [6.45, 7) is 3.46. The lowest BCUT2D eigenvalue weighted by Gasteiger charge is -2.32. The number of hydrogen-bond acceptors (Lipinski definition) is 10. The van der Waals surface area contributed by atoms with Crippen LogP contribution in [0.2, 0.25) is 0 Å². The Bertz CT molecular complexity index is 1810. The quantitative estimate of drug-likeness (QED) is 0.292. The van der Waals surface area contributed by atoms with E-state index in [1.165, 1.54) is 4.90 Å². The second-order valence-corrected chi connectivity index (χ2v) is 15.9. The van der Waals surface area contributed by atoms with Gasteiger partial charge in [0, 0.05) is 30.5 Å². The topological polar surface area (TPSA) is 203 Å². The Morgan fingerprint density at radius 2 is 2.00 bits per heavy atom. The van der Waals surface area contributed by atoms with Gasteiger partial charge in [-0.1, -0.05) is 19.1 Å². The third kappa shape index (κ3) is 6.95. The summed E-state index contributed by atoms with van der Waals surface area (Å²) in [5, 5.41) is 16.3. The van der Waals surface area contributed by atoms with Gasteiger partial charge in [-0.05, 0) is 75.1 Å². The number of nitrogens with one attached hydrogen (secondary N) is 3. The van der Waals surface area contributed by atoms with Crippen LogP contribution in [-0.4, -0.2) is 102 Å². The van der Waals surface area contributed by atoms with Gasteiger partial charge in [0.2, 0.25) is 27.7 Å². The molecule has 1 aromatic heterocycles. The monoisotopic (exact) mass is 713 g/mol. The van der Waals surface area contributed by atoms with Crippen LogP contribution in [0.15, 0.2) is 42.6 Å². The maximum Gasteiger partial charge on any atom is 0.405 e. The van der Waals surface area contributed by atoms with E-state index in [1.807, 2.05) is 12.1 Å². The number of aromatic nitrogens is 1. The van der Waals surface area contributed by atoms with Gasteiger partial charge < -0.3 is 34.9 Å². The largest absolute Gasteiger partial charge is 0.497 e. The highest BCUT2D eigenvalue weighted by Crippen LogP contribution is 2.47. The molecule has 2 aromatic rings. The number of carboxylic acid groups (broad SMARTS) is 1. The summed E-state index contributed by atoms with van der Waals surface area (Å²) in [5.74, 6) is -1.81. The van der Waals surface area contributed by atoms with Gasteiger partial charge in [-0.2, -0.15) is 0 Å². The second-order valence-electron chi connectivity index (χ2n) is 13.7. The standard InChI is InChI=1S/C34H43N5O10S/c1-4-26-27(36-32(43)44)30(41)39-19-23(49-29-24-10-9-22(47-3)16-20(24)11-14-35-29)17-25(39)28(40)37-34(18-21(34)8-6-5-7-15-48-26)31(42)38-50(45,46)33(2)12-13-33/h6,8-11,14,16,21,23,25-27,36H,4-5,7,12-13,15,17-19H2,1-3H3,(H,37,40)(H,38,42)(H,43,44)/b8-6-/t21-,23-,25+,26+,27+,34-/m1/s1. The first kappa shape index (κ1) is 35.4. The number of allylic oxidation sites excluding steroid dienone is 1. The highest BCUT2D eigenvalue weighted by atomic mass is 32.2. The fraction of sp³-hybridized carbons (Fsp3) is 0.559. The highest BCUT2D eigenvalue weighted by Gasteiger charge is 2.63. The summed E-state index contributed by atoms with van der Waals surface area (Å²) >= 11 is 0. The van der Waals surface area contributed by atoms with Gasteiger partial charge in [-0.15, -0.1) is 0 Å². The number of sulfonamides is 1. The van der Waals surface area contributed by atoms with Crippen LogP contribution in [0.4, 0.5) is 4.79 Å². The van der Waals surface area contributed by atoms with Gasteiger partial charge in [-0.3, -0.25) is 19.1 Å². The van der Waals surface area contributed by atoms with Crippen molar-refractivity contribution in [2.24, 2.45) is 5.92 Å². The van der Waals surface area contributed by atoms with Gasteiger partial charge in [0.15, 0.2) is 0 Å². The molecule has 4 N–H and O–H groups in total. The first-order valence-corrected chi connectivity index (χ1v) is 18.4. The van der Waals surface area contributed by atoms with Crippen LogP contribution in [0.5, 0.6) is 11.6 Å². The molecule has 2 aliphatic carbocycles. The molecular formula is C34H43N5O10S. The van der Waals surface area contributed by atoms with Crippen LogP contribution >= 0.6 is 0 Å². The highest BCUT2D eigenvalue weighted by molar-refractivity contribution is 7.91. The summed E-state index contributed by atoms with van der Waals surface area (Å²) in [5.41, 5.74) is -1.56. The third-order valence-corrected chi connectivity index (χ3v) is 12.4. The zero-order valence-corrected chi connectivity index (χ0v) is 29.0. The Hall–Kier alpha value is -4.44. The third-order valence-electron chi connectivity index (χ3n) is 10.2. The van der Waals surface area contributed by atoms with Crippen LogP contribution in [-0.2, 0) is 29.1 Å². The number of rotatable bonds is 8. The minimum Gasteiger partial charge on any atom is -0.497 e. The van der Waals surface area contributed by atoms with Crippen molar-refractivity contribution in [1.29, 1.82) is 0 Å². The molecule has 0 bridgehead atoms. The smallest absolute Gasteiger partial charge is 0.405 e. The number of fused-ring (bicyclic) bond motifs is 3. The van der Waals surface area contributed by atoms with Crippen LogP contribution < -0.4 is 24.8 Å². The van der Waals surface area contributed by atoms with E-state index in [0.29, 0.717) is 43.2 Å². The average molecular weight is 714 g/mol. The van der Waals surface area contributed by atoms with Crippen molar-refractivity contribution in [1.82, 2.24) is 25.2 Å². The molecule has 6 rings (SSSR count). The second kappa shape index (κ2) is 13.7. The van der Waals surface area contributed by atoms with Gasteiger partial charge in [0.25, 0.3) is 5.91 Å². The molecule has 3 heterocycles. The van der Waals surface area contributed by atoms with E-state index in [1.54, 1.807) is 51.4 Å². The molecule has 3 fully saturated rings. The van der Waals surface area contributed by atoms with E-state index in [9.17, 15) is 32.7 Å². The lowest BCUT2D eigenvalue weighted by molar-refractivity contribution is -0.144. The lowest BCUT2D eigenvalue weighted by atomic mass is 10.1. The Balaban J connectivity index is 1.33. The van der Waals surface area contributed by atoms with Crippen LogP contribution in [0.1, 0.15) is 58.8 Å². The summed E-state index contributed by atoms with van der Waals surface area (Å²) in [6, 6.07) is 4.62. The fourth-order valence-corrected chi connectivity index (χ4v) is 8.03. The van der Waals surface area contributed by atoms with E-state index in [-0.39, 0.29) is 31.9 Å². The van der Waals surface area contributed by atoms with Crippen LogP contribution in [0, 0.1) is 5.92 Å². The molecule has 15 nitrogen and oxygen atoms in total. The predicted octanol–water partition coefficient (Wildman–Crippen LogP) is 2.25. The molecule has 0 unspecified atom stereocenters. The minimum absolute atomic E-state index is 0.0161. The van der Waals surface area contributed by atoms with E-state index >= 15 is 0 Å². The SMILES string of the molecule is CC[C@@H]1OCCC/C=C\[C@@H]2C[C@@]2(C(=O)NS(=O)(=O)C2(C)CC2)NC(=O)[C@@H]2C[C@@H](Oc3nccc4cc(OC)ccc34)CN2C(=O)[C@H]1NC(=O)O. The number of amides is 4. The Morgan fingerprint density at radius 3 is 2.70 bits per heavy atom. The average Bonchev–Trinajstić information content (AvgIpc) is 3.96. The molecule has 6 atom stereocenters. The van der Waals surface area contributed by atoms with Crippen molar-refractivity contribution in [3.8, 4) is 11.6 Å². The molecule has 2 aliphatic heterocycles. The zero-order chi connectivity index (χ0) is 35.8. The zero-order valence-electron chi connectivity index (χ0n) is 28.2. The molecular weight excluding hydrogens is 670 g/mol. The van der Waals surface area contributed by atoms with Crippen molar-refractivity contribution in [2.45, 2.75) is 93.4 Å². The Morgan fingerprint density at radius 1 is 1.22 bits per heavy atom. The van der Waals surface area contributed by atoms with E-state index in [4.69, 9.17) is 14.2 Å². The summed E-state index contributed by atoms with van der Waals surface area (Å²) in [6.07, 6.45) is 4.57. The van der Waals surface area contributed by atoms with Crippen molar-refractivity contribution < 1.29 is 46.9 Å². The number of methoxy groups -OCH3 is 1. The summed E-state index contributed by atoms with van der Waals surface area (Å²) in [4.78, 5) is 59.8. The number of ether oxygens (including phenoxy) is 3. The molecule has 4 amide bonds. The maximum atomic E-state index is 14.3. The Kier molecular flexibility index (Phi) is 9.70. The predicted molar refractivity (Wildman–Crippen MR) is 180 cm³/mol. The number of carbonyl (C=O) groups is 4.